The largest absolute Gasteiger partial charge is 0.261 e. The van der Waals surface area contributed by atoms with Crippen LogP contribution in [0.25, 0.3) is 10.8 Å². The summed E-state index contributed by atoms with van der Waals surface area (Å²) in [6.07, 6.45) is 1.99. The summed E-state index contributed by atoms with van der Waals surface area (Å²) >= 11 is 0. The van der Waals surface area contributed by atoms with Gasteiger partial charge in [-0.05, 0) is 16.6 Å². The predicted molar refractivity (Wildman–Crippen MR) is 91.2 cm³/mol. The summed E-state index contributed by atoms with van der Waals surface area (Å²) in [5.74, 6) is 0. The Labute approximate surface area is 119 Å². The molecule has 0 saturated carbocycles. The maximum Gasteiger partial charge on any atom is 0.0513 e. The topological polar surface area (TPSA) is 12.9 Å². The zero-order chi connectivity index (χ0) is 14.3. The van der Waals surface area contributed by atoms with E-state index in [9.17, 15) is 0 Å². The van der Waals surface area contributed by atoms with Gasteiger partial charge in [-0.15, -0.1) is 0 Å². The zero-order valence-corrected chi connectivity index (χ0v) is 15.0. The highest BCUT2D eigenvalue weighted by Gasteiger charge is 2.40. The molecular weight excluding hydrogens is 262 g/mol. The fraction of sp³-hybridized carbons (Fsp3) is 0.438. The van der Waals surface area contributed by atoms with Crippen LogP contribution < -0.4 is 0 Å². The average molecular weight is 288 g/mol. The van der Waals surface area contributed by atoms with Crippen molar-refractivity contribution in [3.8, 4) is 0 Å². The lowest BCUT2D eigenvalue weighted by atomic mass is 10.1. The van der Waals surface area contributed by atoms with E-state index in [1.54, 1.807) is 0 Å². The van der Waals surface area contributed by atoms with Crippen LogP contribution in [0.5, 0.6) is 0 Å². The first-order valence-corrected chi connectivity index (χ1v) is 14.2. The van der Waals surface area contributed by atoms with Gasteiger partial charge in [-0.3, -0.25) is 4.98 Å². The lowest BCUT2D eigenvalue weighted by Crippen LogP contribution is -2.47. The van der Waals surface area contributed by atoms with Crippen molar-refractivity contribution >= 4 is 26.9 Å². The summed E-state index contributed by atoms with van der Waals surface area (Å²) in [7, 11) is -2.56. The summed E-state index contributed by atoms with van der Waals surface area (Å²) in [5.41, 5.74) is 1.36. The quantitative estimate of drug-likeness (QED) is 0.718. The maximum atomic E-state index is 4.81. The van der Waals surface area contributed by atoms with E-state index in [4.69, 9.17) is 4.98 Å². The number of rotatable bonds is 3. The number of nitrogens with zero attached hydrogens (tertiary/aromatic N) is 1. The molecule has 0 unspecified atom stereocenters. The Bertz CT molecular complexity index is 560. The molecule has 0 atom stereocenters. The molecule has 0 bridgehead atoms. The van der Waals surface area contributed by atoms with Crippen molar-refractivity contribution in [2.45, 2.75) is 44.4 Å². The van der Waals surface area contributed by atoms with E-state index in [0.29, 0.717) is 5.16 Å². The smallest absolute Gasteiger partial charge is 0.0513 e. The second kappa shape index (κ2) is 4.87. The van der Waals surface area contributed by atoms with Crippen LogP contribution in [0.1, 0.15) is 10.9 Å². The molecule has 0 N–H and O–H groups in total. The molecule has 19 heavy (non-hydrogen) atoms. The molecule has 0 radical (unpaired) electrons. The second-order valence-electron chi connectivity index (χ2n) is 7.58. The van der Waals surface area contributed by atoms with Crippen molar-refractivity contribution in [3.63, 3.8) is 0 Å². The minimum absolute atomic E-state index is 0.700. The molecule has 0 aliphatic carbocycles. The molecule has 1 heterocycles. The lowest BCUT2D eigenvalue weighted by Gasteiger charge is -2.38. The highest BCUT2D eigenvalue weighted by Crippen LogP contribution is 2.37. The number of aromatic nitrogens is 1. The Morgan fingerprint density at radius 2 is 1.42 bits per heavy atom. The molecule has 1 aromatic carbocycles. The van der Waals surface area contributed by atoms with E-state index < -0.39 is 16.1 Å². The zero-order valence-electron chi connectivity index (χ0n) is 13.0. The molecule has 0 saturated heterocycles. The van der Waals surface area contributed by atoms with Gasteiger partial charge in [0.05, 0.1) is 16.1 Å². The molecule has 0 amide bonds. The molecule has 0 spiro atoms. The fourth-order valence-electron chi connectivity index (χ4n) is 3.49. The first-order valence-electron chi connectivity index (χ1n) is 7.05. The normalized spacial score (nSPS) is 13.2. The summed E-state index contributed by atoms with van der Waals surface area (Å²) in [4.78, 5) is 4.81. The van der Waals surface area contributed by atoms with Gasteiger partial charge < -0.3 is 0 Å². The van der Waals surface area contributed by atoms with Crippen molar-refractivity contribution in [3.05, 3.63) is 42.2 Å². The standard InChI is InChI=1S/C16H25NSi2/c1-18(2,3)16(19(4,5)6)15-14-10-8-7-9-13(14)11-12-17-15/h7-12,16H,1-6H3. The molecule has 0 fully saturated rings. The van der Waals surface area contributed by atoms with Gasteiger partial charge >= 0.3 is 0 Å². The van der Waals surface area contributed by atoms with Crippen LogP contribution in [0.3, 0.4) is 0 Å². The third-order valence-corrected chi connectivity index (χ3v) is 12.9. The van der Waals surface area contributed by atoms with E-state index in [0.717, 1.165) is 0 Å². The Hall–Kier alpha value is -0.936. The SMILES string of the molecule is C[Si](C)(C)C(c1nccc2ccccc12)[Si](C)(C)C. The van der Waals surface area contributed by atoms with Crippen LogP contribution in [0.4, 0.5) is 0 Å². The summed E-state index contributed by atoms with van der Waals surface area (Å²) in [6, 6.07) is 10.8. The second-order valence-corrected chi connectivity index (χ2v) is 18.8. The first-order chi connectivity index (χ1) is 8.71. The van der Waals surface area contributed by atoms with Crippen molar-refractivity contribution in [1.29, 1.82) is 0 Å². The van der Waals surface area contributed by atoms with Crippen molar-refractivity contribution in [1.82, 2.24) is 4.98 Å². The van der Waals surface area contributed by atoms with Gasteiger partial charge in [0.15, 0.2) is 0 Å². The maximum absolute atomic E-state index is 4.81. The Morgan fingerprint density at radius 3 is 2.00 bits per heavy atom. The minimum Gasteiger partial charge on any atom is -0.261 e. The van der Waals surface area contributed by atoms with E-state index >= 15 is 0 Å². The Morgan fingerprint density at radius 1 is 0.842 bits per heavy atom. The van der Waals surface area contributed by atoms with E-state index in [1.165, 1.54) is 16.5 Å². The van der Waals surface area contributed by atoms with Gasteiger partial charge in [-0.25, -0.2) is 0 Å². The highest BCUT2D eigenvalue weighted by molar-refractivity contribution is 6.96. The molecule has 2 aromatic rings. The van der Waals surface area contributed by atoms with Gasteiger partial charge in [0, 0.05) is 17.3 Å². The molecule has 2 rings (SSSR count). The molecule has 0 aliphatic heterocycles. The monoisotopic (exact) mass is 287 g/mol. The van der Waals surface area contributed by atoms with Gasteiger partial charge in [0.25, 0.3) is 0 Å². The average Bonchev–Trinajstić information content (AvgIpc) is 2.25. The van der Waals surface area contributed by atoms with E-state index in [2.05, 4.69) is 69.6 Å². The molecule has 1 nitrogen and oxygen atoms in total. The number of benzene rings is 1. The summed E-state index contributed by atoms with van der Waals surface area (Å²) in [5, 5.41) is 3.39. The number of hydrogen-bond acceptors (Lipinski definition) is 1. The van der Waals surface area contributed by atoms with Gasteiger partial charge in [-0.1, -0.05) is 63.5 Å². The van der Waals surface area contributed by atoms with Crippen LogP contribution in [0.15, 0.2) is 36.5 Å². The van der Waals surface area contributed by atoms with E-state index in [-0.39, 0.29) is 0 Å². The third kappa shape index (κ3) is 2.98. The number of pyridine rings is 1. The van der Waals surface area contributed by atoms with Crippen LogP contribution in [-0.2, 0) is 0 Å². The van der Waals surface area contributed by atoms with Gasteiger partial charge in [0.2, 0.25) is 0 Å². The molecular formula is C16H25NSi2. The van der Waals surface area contributed by atoms with Gasteiger partial charge in [0.1, 0.15) is 0 Å². The van der Waals surface area contributed by atoms with Crippen LogP contribution in [-0.4, -0.2) is 21.1 Å². The Balaban J connectivity index is 2.70. The molecule has 0 aliphatic rings. The summed E-state index contributed by atoms with van der Waals surface area (Å²) < 4.78 is 0. The number of hydrogen-bond donors (Lipinski definition) is 0. The Kier molecular flexibility index (Phi) is 3.71. The minimum atomic E-state index is -1.28. The van der Waals surface area contributed by atoms with Crippen molar-refractivity contribution in [2.75, 3.05) is 0 Å². The third-order valence-electron chi connectivity index (χ3n) is 3.71. The van der Waals surface area contributed by atoms with E-state index in [1.807, 2.05) is 6.20 Å². The number of fused-ring (bicyclic) bond motifs is 1. The first kappa shape index (κ1) is 14.5. The predicted octanol–water partition coefficient (Wildman–Crippen LogP) is 5.07. The molecule has 1 aromatic heterocycles. The molecule has 102 valence electrons. The van der Waals surface area contributed by atoms with Crippen molar-refractivity contribution in [2.24, 2.45) is 0 Å². The van der Waals surface area contributed by atoms with Gasteiger partial charge in [-0.2, -0.15) is 0 Å². The van der Waals surface area contributed by atoms with Crippen molar-refractivity contribution < 1.29 is 0 Å². The summed E-state index contributed by atoms with van der Waals surface area (Å²) in [6.45, 7) is 14.9. The van der Waals surface area contributed by atoms with Crippen LogP contribution >= 0.6 is 0 Å². The molecule has 3 heteroatoms. The fourth-order valence-corrected chi connectivity index (χ4v) is 16.0. The van der Waals surface area contributed by atoms with Crippen LogP contribution in [0, 0.1) is 0 Å². The highest BCUT2D eigenvalue weighted by atomic mass is 28.4. The lowest BCUT2D eigenvalue weighted by molar-refractivity contribution is 1.09. The van der Waals surface area contributed by atoms with Crippen LogP contribution in [0.2, 0.25) is 39.3 Å².